The van der Waals surface area contributed by atoms with E-state index in [1.54, 1.807) is 22.8 Å². The summed E-state index contributed by atoms with van der Waals surface area (Å²) in [5.74, 6) is -1.54. The highest BCUT2D eigenvalue weighted by molar-refractivity contribution is 7.10. The summed E-state index contributed by atoms with van der Waals surface area (Å²) in [5.41, 5.74) is 0.0326. The lowest BCUT2D eigenvalue weighted by Crippen LogP contribution is -2.48. The Morgan fingerprint density at radius 1 is 1.27 bits per heavy atom. The molecular formula is C21H22N2O6S. The molecule has 0 saturated carbocycles. The lowest BCUT2D eigenvalue weighted by Gasteiger charge is -2.39. The third-order valence-corrected chi connectivity index (χ3v) is 6.35. The molecule has 2 amide bonds. The molecule has 8 nitrogen and oxygen atoms in total. The quantitative estimate of drug-likeness (QED) is 0.729. The summed E-state index contributed by atoms with van der Waals surface area (Å²) in [6.07, 6.45) is 2.07. The number of hydrogen-bond donors (Lipinski definition) is 1. The molecule has 9 heteroatoms. The van der Waals surface area contributed by atoms with Crippen molar-refractivity contribution >= 4 is 29.1 Å². The maximum atomic E-state index is 13.1. The van der Waals surface area contributed by atoms with Crippen molar-refractivity contribution in [2.45, 2.75) is 31.8 Å². The van der Waals surface area contributed by atoms with Crippen LogP contribution in [0.3, 0.4) is 0 Å². The second-order valence-corrected chi connectivity index (χ2v) is 8.10. The summed E-state index contributed by atoms with van der Waals surface area (Å²) in [4.78, 5) is 42.1. The maximum absolute atomic E-state index is 13.1. The van der Waals surface area contributed by atoms with Gasteiger partial charge in [-0.15, -0.1) is 11.3 Å². The minimum atomic E-state index is -0.686. The number of Topliss-reactive ketones (excluding diaryl/α,β-unsaturated/α-hetero) is 1. The highest BCUT2D eigenvalue weighted by atomic mass is 32.1. The Morgan fingerprint density at radius 3 is 2.63 bits per heavy atom. The Hall–Kier alpha value is -3.07. The molecule has 30 heavy (non-hydrogen) atoms. The number of aliphatic hydroxyl groups is 1. The van der Waals surface area contributed by atoms with Gasteiger partial charge >= 0.3 is 6.09 Å². The summed E-state index contributed by atoms with van der Waals surface area (Å²) in [6, 6.07) is 5.88. The zero-order valence-electron chi connectivity index (χ0n) is 16.4. The number of thiophene rings is 1. The van der Waals surface area contributed by atoms with Crippen LogP contribution in [0.25, 0.3) is 0 Å². The van der Waals surface area contributed by atoms with E-state index in [0.29, 0.717) is 32.5 Å². The number of aliphatic hydroxyl groups excluding tert-OH is 1. The van der Waals surface area contributed by atoms with Gasteiger partial charge in [-0.2, -0.15) is 0 Å². The fourth-order valence-corrected chi connectivity index (χ4v) is 4.87. The van der Waals surface area contributed by atoms with Crippen LogP contribution >= 0.6 is 11.3 Å². The first-order valence-electron chi connectivity index (χ1n) is 9.82. The van der Waals surface area contributed by atoms with Crippen molar-refractivity contribution in [2.75, 3.05) is 19.7 Å². The Kier molecular flexibility index (Phi) is 5.63. The smallest absolute Gasteiger partial charge is 0.409 e. The zero-order chi connectivity index (χ0) is 21.3. The summed E-state index contributed by atoms with van der Waals surface area (Å²) in [5, 5.41) is 12.5. The first-order valence-corrected chi connectivity index (χ1v) is 10.7. The molecule has 2 aromatic heterocycles. The highest BCUT2D eigenvalue weighted by Gasteiger charge is 2.48. The number of furan rings is 1. The average Bonchev–Trinajstić information content (AvgIpc) is 3.50. The Bertz CT molecular complexity index is 958. The summed E-state index contributed by atoms with van der Waals surface area (Å²) >= 11 is 1.42. The second kappa shape index (κ2) is 8.35. The molecular weight excluding hydrogens is 408 g/mol. The van der Waals surface area contributed by atoms with Crippen molar-refractivity contribution < 1.29 is 28.6 Å². The van der Waals surface area contributed by atoms with E-state index in [-0.39, 0.29) is 23.5 Å². The van der Waals surface area contributed by atoms with Crippen LogP contribution in [-0.2, 0) is 9.53 Å². The van der Waals surface area contributed by atoms with Gasteiger partial charge in [-0.1, -0.05) is 6.07 Å². The molecule has 2 aliphatic heterocycles. The monoisotopic (exact) mass is 430 g/mol. The number of amides is 2. The molecule has 0 aromatic carbocycles. The van der Waals surface area contributed by atoms with Gasteiger partial charge in [-0.3, -0.25) is 9.59 Å². The van der Waals surface area contributed by atoms with Crippen LogP contribution in [0.2, 0.25) is 0 Å². The molecule has 2 aliphatic rings. The number of ketones is 1. The predicted molar refractivity (Wildman–Crippen MR) is 108 cm³/mol. The van der Waals surface area contributed by atoms with E-state index in [0.717, 1.165) is 4.88 Å². The number of nitrogens with zero attached hydrogens (tertiary/aromatic N) is 2. The SMILES string of the molecule is CCOC(=O)N1CCC(N2C(=O)C(O)=C(C(=O)c3ccco3)C2c2cccs2)CC1. The first-order chi connectivity index (χ1) is 14.5. The number of hydrogen-bond acceptors (Lipinski definition) is 7. The van der Waals surface area contributed by atoms with E-state index in [2.05, 4.69) is 0 Å². The molecule has 1 saturated heterocycles. The van der Waals surface area contributed by atoms with Crippen LogP contribution in [0.4, 0.5) is 4.79 Å². The predicted octanol–water partition coefficient (Wildman–Crippen LogP) is 3.54. The molecule has 0 spiro atoms. The summed E-state index contributed by atoms with van der Waals surface area (Å²) < 4.78 is 10.3. The third kappa shape index (κ3) is 3.49. The van der Waals surface area contributed by atoms with Crippen LogP contribution < -0.4 is 0 Å². The molecule has 0 radical (unpaired) electrons. The third-order valence-electron chi connectivity index (χ3n) is 5.43. The van der Waals surface area contributed by atoms with E-state index in [1.807, 2.05) is 17.5 Å². The molecule has 4 rings (SSSR count). The van der Waals surface area contributed by atoms with E-state index in [1.165, 1.54) is 23.7 Å². The van der Waals surface area contributed by atoms with E-state index >= 15 is 0 Å². The lowest BCUT2D eigenvalue weighted by molar-refractivity contribution is -0.132. The molecule has 0 aliphatic carbocycles. The highest BCUT2D eigenvalue weighted by Crippen LogP contribution is 2.43. The standard InChI is InChI=1S/C21H22N2O6S/c1-2-28-21(27)22-9-7-13(8-10-22)23-17(15-6-4-12-30-15)16(19(25)20(23)26)18(24)14-5-3-11-29-14/h3-6,11-13,17,25H,2,7-10H2,1H3. The minimum Gasteiger partial charge on any atom is -0.503 e. The lowest BCUT2D eigenvalue weighted by atomic mass is 9.97. The Morgan fingerprint density at radius 2 is 2.03 bits per heavy atom. The largest absolute Gasteiger partial charge is 0.503 e. The van der Waals surface area contributed by atoms with Gasteiger partial charge in [0.25, 0.3) is 5.91 Å². The van der Waals surface area contributed by atoms with E-state index < -0.39 is 23.5 Å². The fourth-order valence-electron chi connectivity index (χ4n) is 4.04. The molecule has 4 heterocycles. The number of rotatable bonds is 5. The average molecular weight is 430 g/mol. The molecule has 1 unspecified atom stereocenters. The van der Waals surface area contributed by atoms with Crippen LogP contribution in [0, 0.1) is 0 Å². The van der Waals surface area contributed by atoms with Crippen LogP contribution in [0.1, 0.15) is 41.2 Å². The van der Waals surface area contributed by atoms with Crippen molar-refractivity contribution in [1.82, 2.24) is 9.80 Å². The summed E-state index contributed by atoms with van der Waals surface area (Å²) in [6.45, 7) is 2.93. The Labute approximate surface area is 177 Å². The number of ether oxygens (including phenoxy) is 1. The normalized spacial score (nSPS) is 20.2. The van der Waals surface area contributed by atoms with Gasteiger partial charge in [0.2, 0.25) is 5.78 Å². The van der Waals surface area contributed by atoms with Crippen LogP contribution in [-0.4, -0.2) is 58.4 Å². The van der Waals surface area contributed by atoms with Gasteiger partial charge in [-0.25, -0.2) is 4.79 Å². The molecule has 2 aromatic rings. The van der Waals surface area contributed by atoms with Crippen molar-refractivity contribution in [3.05, 3.63) is 57.9 Å². The van der Waals surface area contributed by atoms with Gasteiger partial charge in [-0.05, 0) is 43.3 Å². The molecule has 1 N–H and O–H groups in total. The number of carbonyl (C=O) groups excluding carboxylic acids is 3. The zero-order valence-corrected chi connectivity index (χ0v) is 17.3. The number of carbonyl (C=O) groups is 3. The first kappa shape index (κ1) is 20.2. The van der Waals surface area contributed by atoms with Crippen LogP contribution in [0.5, 0.6) is 0 Å². The van der Waals surface area contributed by atoms with Crippen molar-refractivity contribution in [3.8, 4) is 0 Å². The van der Waals surface area contributed by atoms with Crippen molar-refractivity contribution in [3.63, 3.8) is 0 Å². The summed E-state index contributed by atoms with van der Waals surface area (Å²) in [7, 11) is 0. The second-order valence-electron chi connectivity index (χ2n) is 7.12. The maximum Gasteiger partial charge on any atom is 0.409 e. The fraction of sp³-hybridized carbons (Fsp3) is 0.381. The van der Waals surface area contributed by atoms with Crippen molar-refractivity contribution in [1.29, 1.82) is 0 Å². The Balaban J connectivity index is 1.62. The number of piperidine rings is 1. The topological polar surface area (TPSA) is 100 Å². The van der Waals surface area contributed by atoms with E-state index in [9.17, 15) is 19.5 Å². The number of likely N-dealkylation sites (tertiary alicyclic amines) is 1. The van der Waals surface area contributed by atoms with Gasteiger partial charge in [0.05, 0.1) is 18.4 Å². The van der Waals surface area contributed by atoms with Crippen molar-refractivity contribution in [2.24, 2.45) is 0 Å². The molecule has 1 fully saturated rings. The van der Waals surface area contributed by atoms with Gasteiger partial charge in [0.1, 0.15) is 6.04 Å². The minimum absolute atomic E-state index is 0.0326. The molecule has 1 atom stereocenters. The molecule has 158 valence electrons. The van der Waals surface area contributed by atoms with Gasteiger partial charge in [0, 0.05) is 24.0 Å². The van der Waals surface area contributed by atoms with Gasteiger partial charge in [0.15, 0.2) is 11.5 Å². The van der Waals surface area contributed by atoms with Crippen LogP contribution in [0.15, 0.2) is 51.7 Å². The molecule has 0 bridgehead atoms. The van der Waals surface area contributed by atoms with Gasteiger partial charge < -0.3 is 24.1 Å². The van der Waals surface area contributed by atoms with E-state index in [4.69, 9.17) is 9.15 Å².